The summed E-state index contributed by atoms with van der Waals surface area (Å²) < 4.78 is 0. The summed E-state index contributed by atoms with van der Waals surface area (Å²) in [5, 5.41) is 3.74. The summed E-state index contributed by atoms with van der Waals surface area (Å²) in [6.07, 6.45) is 7.42. The molecular weight excluding hydrogens is 408 g/mol. The maximum atomic E-state index is 12.7. The Hall–Kier alpha value is -2.77. The van der Waals surface area contributed by atoms with Crippen LogP contribution < -0.4 is 5.32 Å². The fraction of sp³-hybridized carbons (Fsp3) is 0.238. The molecular formula is C21H19ClN4O2S. The molecule has 1 aliphatic heterocycles. The zero-order chi connectivity index (χ0) is 20.2. The number of hydrogen-bond donors (Lipinski definition) is 1. The first-order valence-electron chi connectivity index (χ1n) is 9.32. The number of pyridine rings is 1. The lowest BCUT2D eigenvalue weighted by Crippen LogP contribution is -2.39. The number of amides is 2. The molecule has 3 aromatic rings. The van der Waals surface area contributed by atoms with Crippen molar-refractivity contribution in [3.05, 3.63) is 76.0 Å². The fourth-order valence-corrected chi connectivity index (χ4v) is 4.53. The van der Waals surface area contributed by atoms with Gasteiger partial charge in [0, 0.05) is 41.5 Å². The van der Waals surface area contributed by atoms with Gasteiger partial charge < -0.3 is 4.90 Å². The Bertz CT molecular complexity index is 1020. The Morgan fingerprint density at radius 1 is 1.21 bits per heavy atom. The first kappa shape index (κ1) is 19.5. The van der Waals surface area contributed by atoms with Crippen LogP contribution in [0, 0.1) is 0 Å². The van der Waals surface area contributed by atoms with Gasteiger partial charge in [-0.2, -0.15) is 0 Å². The number of benzene rings is 1. The molecule has 1 saturated heterocycles. The number of halogens is 1. The van der Waals surface area contributed by atoms with Crippen molar-refractivity contribution < 1.29 is 9.59 Å². The highest BCUT2D eigenvalue weighted by Crippen LogP contribution is 2.32. The van der Waals surface area contributed by atoms with E-state index in [1.54, 1.807) is 23.5 Å². The summed E-state index contributed by atoms with van der Waals surface area (Å²) in [6, 6.07) is 11.3. The van der Waals surface area contributed by atoms with Gasteiger partial charge in [0.2, 0.25) is 0 Å². The second kappa shape index (κ2) is 8.71. The van der Waals surface area contributed by atoms with Crippen LogP contribution in [-0.4, -0.2) is 33.2 Å². The van der Waals surface area contributed by atoms with E-state index in [4.69, 9.17) is 11.6 Å². The van der Waals surface area contributed by atoms with Gasteiger partial charge in [0.1, 0.15) is 0 Å². The molecule has 1 N–H and O–H groups in total. The minimum absolute atomic E-state index is 0.0941. The third-order valence-corrected chi connectivity index (χ3v) is 6.18. The zero-order valence-electron chi connectivity index (χ0n) is 15.5. The van der Waals surface area contributed by atoms with Crippen LogP contribution in [-0.2, 0) is 16.0 Å². The number of carbonyl (C=O) groups excluding carboxylic acids is 2. The van der Waals surface area contributed by atoms with Gasteiger partial charge >= 0.3 is 11.8 Å². The predicted molar refractivity (Wildman–Crippen MR) is 113 cm³/mol. The lowest BCUT2D eigenvalue weighted by Gasteiger charge is -2.24. The van der Waals surface area contributed by atoms with E-state index >= 15 is 0 Å². The second-order valence-corrected chi connectivity index (χ2v) is 8.31. The van der Waals surface area contributed by atoms with Crippen molar-refractivity contribution in [3.63, 3.8) is 0 Å². The van der Waals surface area contributed by atoms with Gasteiger partial charge in [0.05, 0.1) is 6.04 Å². The molecule has 0 spiro atoms. The molecule has 0 bridgehead atoms. The van der Waals surface area contributed by atoms with Gasteiger partial charge in [-0.15, -0.1) is 11.3 Å². The highest BCUT2D eigenvalue weighted by molar-refractivity contribution is 7.15. The molecule has 6 nitrogen and oxygen atoms in total. The van der Waals surface area contributed by atoms with Crippen LogP contribution in [0.3, 0.4) is 0 Å². The maximum absolute atomic E-state index is 12.7. The molecule has 2 amide bonds. The molecule has 8 heteroatoms. The van der Waals surface area contributed by atoms with Crippen molar-refractivity contribution in [3.8, 4) is 0 Å². The van der Waals surface area contributed by atoms with Crippen LogP contribution >= 0.6 is 22.9 Å². The minimum Gasteiger partial charge on any atom is -0.327 e. The molecule has 1 aliphatic rings. The first-order valence-corrected chi connectivity index (χ1v) is 10.5. The van der Waals surface area contributed by atoms with Crippen LogP contribution in [0.15, 0.2) is 55.0 Å². The van der Waals surface area contributed by atoms with Gasteiger partial charge in [-0.25, -0.2) is 4.98 Å². The van der Waals surface area contributed by atoms with Gasteiger partial charge in [-0.1, -0.05) is 29.8 Å². The number of rotatable bonds is 4. The van der Waals surface area contributed by atoms with E-state index in [0.717, 1.165) is 28.8 Å². The largest absolute Gasteiger partial charge is 0.327 e. The Morgan fingerprint density at radius 2 is 2.00 bits per heavy atom. The lowest BCUT2D eigenvalue weighted by atomic mass is 10.1. The van der Waals surface area contributed by atoms with Crippen LogP contribution in [0.4, 0.5) is 5.13 Å². The van der Waals surface area contributed by atoms with E-state index in [-0.39, 0.29) is 6.04 Å². The summed E-state index contributed by atoms with van der Waals surface area (Å²) >= 11 is 7.55. The Balaban J connectivity index is 1.41. The lowest BCUT2D eigenvalue weighted by molar-refractivity contribution is -0.143. The van der Waals surface area contributed by atoms with E-state index in [0.29, 0.717) is 23.1 Å². The van der Waals surface area contributed by atoms with Crippen molar-refractivity contribution >= 4 is 39.9 Å². The van der Waals surface area contributed by atoms with Crippen LogP contribution in [0.1, 0.15) is 34.9 Å². The number of anilines is 1. The molecule has 1 unspecified atom stereocenters. The number of likely N-dealkylation sites (tertiary alicyclic amines) is 1. The number of aromatic nitrogens is 2. The quantitative estimate of drug-likeness (QED) is 0.637. The third-order valence-electron chi connectivity index (χ3n) is 4.90. The average Bonchev–Trinajstić information content (AvgIpc) is 3.39. The van der Waals surface area contributed by atoms with E-state index < -0.39 is 11.8 Å². The molecule has 0 saturated carbocycles. The molecule has 4 rings (SSSR count). The Morgan fingerprint density at radius 3 is 2.79 bits per heavy atom. The smallest absolute Gasteiger partial charge is 0.315 e. The molecule has 1 atom stereocenters. The predicted octanol–water partition coefficient (Wildman–Crippen LogP) is 4.08. The van der Waals surface area contributed by atoms with E-state index in [1.807, 2.05) is 36.4 Å². The summed E-state index contributed by atoms with van der Waals surface area (Å²) in [7, 11) is 0. The monoisotopic (exact) mass is 426 g/mol. The molecule has 1 aromatic carbocycles. The minimum atomic E-state index is -0.662. The van der Waals surface area contributed by atoms with E-state index in [9.17, 15) is 9.59 Å². The fourth-order valence-electron chi connectivity index (χ4n) is 3.50. The molecule has 148 valence electrons. The van der Waals surface area contributed by atoms with Gasteiger partial charge in [-0.05, 0) is 42.2 Å². The summed E-state index contributed by atoms with van der Waals surface area (Å²) in [5.41, 5.74) is 1.99. The molecule has 29 heavy (non-hydrogen) atoms. The Labute approximate surface area is 177 Å². The maximum Gasteiger partial charge on any atom is 0.315 e. The summed E-state index contributed by atoms with van der Waals surface area (Å²) in [5.74, 6) is -1.20. The van der Waals surface area contributed by atoms with Gasteiger partial charge in [0.15, 0.2) is 5.13 Å². The van der Waals surface area contributed by atoms with E-state index in [1.165, 1.54) is 11.3 Å². The number of nitrogens with one attached hydrogen (secondary N) is 1. The van der Waals surface area contributed by atoms with Crippen molar-refractivity contribution in [1.29, 1.82) is 0 Å². The molecule has 0 radical (unpaired) electrons. The zero-order valence-corrected chi connectivity index (χ0v) is 17.1. The highest BCUT2D eigenvalue weighted by Gasteiger charge is 2.33. The van der Waals surface area contributed by atoms with Crippen molar-refractivity contribution in [2.45, 2.75) is 25.3 Å². The van der Waals surface area contributed by atoms with Crippen LogP contribution in [0.25, 0.3) is 0 Å². The SMILES string of the molecule is O=C(Nc1ncc(Cc2ccccc2Cl)s1)C(=O)N1CCCC1c1ccncc1. The number of carbonyl (C=O) groups is 2. The summed E-state index contributed by atoms with van der Waals surface area (Å²) in [4.78, 5) is 36.1. The third kappa shape index (κ3) is 4.46. The highest BCUT2D eigenvalue weighted by atomic mass is 35.5. The van der Waals surface area contributed by atoms with Gasteiger partial charge in [0.25, 0.3) is 0 Å². The first-order chi connectivity index (χ1) is 14.1. The van der Waals surface area contributed by atoms with Crippen molar-refractivity contribution in [2.24, 2.45) is 0 Å². The number of thiazole rings is 1. The summed E-state index contributed by atoms with van der Waals surface area (Å²) in [6.45, 7) is 0.564. The molecule has 2 aromatic heterocycles. The standard InChI is InChI=1S/C21H19ClN4O2S/c22-17-5-2-1-4-15(17)12-16-13-24-21(29-16)25-19(27)20(28)26-11-3-6-18(26)14-7-9-23-10-8-14/h1-2,4-5,7-10,13,18H,3,6,11-12H2,(H,24,25,27). The van der Waals surface area contributed by atoms with E-state index in [2.05, 4.69) is 15.3 Å². The number of hydrogen-bond acceptors (Lipinski definition) is 5. The van der Waals surface area contributed by atoms with Crippen LogP contribution in [0.5, 0.6) is 0 Å². The van der Waals surface area contributed by atoms with Crippen molar-refractivity contribution in [2.75, 3.05) is 11.9 Å². The molecule has 3 heterocycles. The normalized spacial score (nSPS) is 16.0. The van der Waals surface area contributed by atoms with Gasteiger partial charge in [-0.3, -0.25) is 19.9 Å². The van der Waals surface area contributed by atoms with Crippen molar-refractivity contribution in [1.82, 2.24) is 14.9 Å². The second-order valence-electron chi connectivity index (χ2n) is 6.79. The Kier molecular flexibility index (Phi) is 5.87. The number of nitrogens with zero attached hydrogens (tertiary/aromatic N) is 3. The topological polar surface area (TPSA) is 75.2 Å². The average molecular weight is 427 g/mol. The van der Waals surface area contributed by atoms with Crippen LogP contribution in [0.2, 0.25) is 5.02 Å². The molecule has 0 aliphatic carbocycles. The molecule has 1 fully saturated rings.